The molecule has 0 bridgehead atoms. The van der Waals surface area contributed by atoms with Crippen LogP contribution in [-0.2, 0) is 11.2 Å². The highest BCUT2D eigenvalue weighted by molar-refractivity contribution is 5.96. The molecule has 0 radical (unpaired) electrons. The van der Waals surface area contributed by atoms with Crippen LogP contribution in [0.15, 0.2) is 22.7 Å². The fourth-order valence-electron chi connectivity index (χ4n) is 2.13. The summed E-state index contributed by atoms with van der Waals surface area (Å²) in [6.45, 7) is 7.88. The molecule has 1 heterocycles. The van der Waals surface area contributed by atoms with E-state index in [0.29, 0.717) is 23.8 Å². The second-order valence-corrected chi connectivity index (χ2v) is 5.80. The molecule has 1 aromatic carbocycles. The topological polar surface area (TPSA) is 94.0 Å². The molecule has 6 nitrogen and oxygen atoms in total. The van der Waals surface area contributed by atoms with E-state index in [-0.39, 0.29) is 24.2 Å². The second kappa shape index (κ2) is 8.80. The van der Waals surface area contributed by atoms with Crippen molar-refractivity contribution in [1.29, 1.82) is 0 Å². The fourth-order valence-corrected chi connectivity index (χ4v) is 2.13. The lowest BCUT2D eigenvalue weighted by atomic mass is 9.99. The van der Waals surface area contributed by atoms with Gasteiger partial charge in [0.2, 0.25) is 5.91 Å². The van der Waals surface area contributed by atoms with E-state index >= 15 is 0 Å². The summed E-state index contributed by atoms with van der Waals surface area (Å²) >= 11 is 0. The number of nitrogens with one attached hydrogen (secondary N) is 1. The summed E-state index contributed by atoms with van der Waals surface area (Å²) in [7, 11) is 0. The molecule has 132 valence electrons. The van der Waals surface area contributed by atoms with Crippen molar-refractivity contribution in [2.75, 3.05) is 5.32 Å². The van der Waals surface area contributed by atoms with Gasteiger partial charge in [-0.25, -0.2) is 0 Å². The van der Waals surface area contributed by atoms with E-state index in [4.69, 9.17) is 10.3 Å². The second-order valence-electron chi connectivity index (χ2n) is 5.80. The van der Waals surface area contributed by atoms with E-state index in [1.807, 2.05) is 45.9 Å². The molecular formula is C17H25ClN4O2. The molecule has 0 spiro atoms. The van der Waals surface area contributed by atoms with Crippen LogP contribution in [0, 0.1) is 12.8 Å². The number of amides is 1. The van der Waals surface area contributed by atoms with Gasteiger partial charge in [0, 0.05) is 17.7 Å². The first-order chi connectivity index (χ1) is 11.0. The number of carbonyl (C=O) groups excluding carboxylic acids is 1. The Morgan fingerprint density at radius 3 is 2.67 bits per heavy atom. The van der Waals surface area contributed by atoms with Crippen LogP contribution in [0.25, 0.3) is 11.5 Å². The van der Waals surface area contributed by atoms with Crippen LogP contribution in [0.5, 0.6) is 0 Å². The van der Waals surface area contributed by atoms with Crippen molar-refractivity contribution in [3.05, 3.63) is 29.6 Å². The molecule has 2 atom stereocenters. The summed E-state index contributed by atoms with van der Waals surface area (Å²) in [4.78, 5) is 16.6. The summed E-state index contributed by atoms with van der Waals surface area (Å²) in [5, 5.41) is 6.80. The number of nitrogens with zero attached hydrogens (tertiary/aromatic N) is 2. The average Bonchev–Trinajstić information content (AvgIpc) is 3.04. The lowest BCUT2D eigenvalue weighted by Crippen LogP contribution is -2.40. The molecule has 3 N–H and O–H groups in total. The van der Waals surface area contributed by atoms with Gasteiger partial charge in [0.05, 0.1) is 6.04 Å². The molecule has 24 heavy (non-hydrogen) atoms. The molecule has 0 saturated heterocycles. The van der Waals surface area contributed by atoms with E-state index < -0.39 is 6.04 Å². The highest BCUT2D eigenvalue weighted by Gasteiger charge is 2.20. The first-order valence-corrected chi connectivity index (χ1v) is 7.96. The number of aromatic nitrogens is 2. The first kappa shape index (κ1) is 20.1. The largest absolute Gasteiger partial charge is 0.334 e. The minimum absolute atomic E-state index is 0. The van der Waals surface area contributed by atoms with Crippen molar-refractivity contribution in [2.45, 2.75) is 46.6 Å². The van der Waals surface area contributed by atoms with Crippen molar-refractivity contribution in [3.63, 3.8) is 0 Å². The maximum absolute atomic E-state index is 12.3. The van der Waals surface area contributed by atoms with Crippen LogP contribution in [-0.4, -0.2) is 22.1 Å². The van der Waals surface area contributed by atoms with E-state index in [2.05, 4.69) is 15.5 Å². The van der Waals surface area contributed by atoms with Crippen LogP contribution >= 0.6 is 12.4 Å². The molecule has 0 fully saturated rings. The smallest absolute Gasteiger partial charge is 0.257 e. The van der Waals surface area contributed by atoms with E-state index in [9.17, 15) is 4.79 Å². The van der Waals surface area contributed by atoms with Crippen LogP contribution in [0.3, 0.4) is 0 Å². The van der Waals surface area contributed by atoms with Gasteiger partial charge in [0.1, 0.15) is 0 Å². The Morgan fingerprint density at radius 2 is 2.08 bits per heavy atom. The predicted molar refractivity (Wildman–Crippen MR) is 97.2 cm³/mol. The standard InChI is InChI=1S/C17H24N4O2.ClH/c1-5-10(3)15(18)16(22)19-13-9-12(8-7-11(13)4)17-20-14(6-2)21-23-17;/h7-10,15H,5-6,18H2,1-4H3,(H,19,22);1H. The van der Waals surface area contributed by atoms with Crippen LogP contribution in [0.2, 0.25) is 0 Å². The highest BCUT2D eigenvalue weighted by Crippen LogP contribution is 2.24. The van der Waals surface area contributed by atoms with Gasteiger partial charge < -0.3 is 15.6 Å². The summed E-state index contributed by atoms with van der Waals surface area (Å²) in [6.07, 6.45) is 1.57. The summed E-state index contributed by atoms with van der Waals surface area (Å²) in [6, 6.07) is 5.11. The molecule has 0 aliphatic carbocycles. The van der Waals surface area contributed by atoms with Gasteiger partial charge in [0.15, 0.2) is 5.82 Å². The minimum Gasteiger partial charge on any atom is -0.334 e. The van der Waals surface area contributed by atoms with Crippen molar-refractivity contribution < 1.29 is 9.32 Å². The zero-order chi connectivity index (χ0) is 17.0. The fraction of sp³-hybridized carbons (Fsp3) is 0.471. The van der Waals surface area contributed by atoms with Crippen LogP contribution < -0.4 is 11.1 Å². The average molecular weight is 353 g/mol. The zero-order valence-corrected chi connectivity index (χ0v) is 15.3. The molecule has 2 unspecified atom stereocenters. The van der Waals surface area contributed by atoms with Crippen molar-refractivity contribution in [3.8, 4) is 11.5 Å². The SMILES string of the molecule is CCc1noc(-c2ccc(C)c(NC(=O)C(N)C(C)CC)c2)n1.Cl. The van der Waals surface area contributed by atoms with Gasteiger partial charge in [-0.2, -0.15) is 4.98 Å². The number of hydrogen-bond donors (Lipinski definition) is 2. The molecule has 0 aliphatic heterocycles. The van der Waals surface area contributed by atoms with E-state index in [0.717, 1.165) is 17.5 Å². The Hall–Kier alpha value is -1.92. The molecule has 2 rings (SSSR count). The molecule has 0 saturated carbocycles. The number of hydrogen-bond acceptors (Lipinski definition) is 5. The molecule has 1 aromatic heterocycles. The first-order valence-electron chi connectivity index (χ1n) is 7.96. The quantitative estimate of drug-likeness (QED) is 0.831. The lowest BCUT2D eigenvalue weighted by molar-refractivity contribution is -0.118. The molecule has 1 amide bonds. The van der Waals surface area contributed by atoms with Crippen molar-refractivity contribution in [2.24, 2.45) is 11.7 Å². The number of rotatable bonds is 6. The number of halogens is 1. The van der Waals surface area contributed by atoms with Crippen molar-refractivity contribution >= 4 is 24.0 Å². The van der Waals surface area contributed by atoms with Gasteiger partial charge >= 0.3 is 0 Å². The molecule has 2 aromatic rings. The molecule has 7 heteroatoms. The van der Waals surface area contributed by atoms with Gasteiger partial charge in [-0.3, -0.25) is 4.79 Å². The highest BCUT2D eigenvalue weighted by atomic mass is 35.5. The Morgan fingerprint density at radius 1 is 1.38 bits per heavy atom. The molecule has 0 aliphatic rings. The van der Waals surface area contributed by atoms with Crippen LogP contribution in [0.4, 0.5) is 5.69 Å². The third kappa shape index (κ3) is 4.55. The number of aryl methyl sites for hydroxylation is 2. The monoisotopic (exact) mass is 352 g/mol. The zero-order valence-electron chi connectivity index (χ0n) is 14.5. The van der Waals surface area contributed by atoms with Gasteiger partial charge in [-0.05, 0) is 30.5 Å². The summed E-state index contributed by atoms with van der Waals surface area (Å²) < 4.78 is 5.25. The Balaban J connectivity index is 0.00000288. The number of anilines is 1. The van der Waals surface area contributed by atoms with Crippen molar-refractivity contribution in [1.82, 2.24) is 10.1 Å². The lowest BCUT2D eigenvalue weighted by Gasteiger charge is -2.18. The summed E-state index contributed by atoms with van der Waals surface area (Å²) in [5.74, 6) is 1.05. The number of carbonyl (C=O) groups is 1. The minimum atomic E-state index is -0.529. The normalized spacial score (nSPS) is 13.0. The molecular weight excluding hydrogens is 328 g/mol. The van der Waals surface area contributed by atoms with Gasteiger partial charge in [-0.15, -0.1) is 12.4 Å². The third-order valence-corrected chi connectivity index (χ3v) is 4.09. The Labute approximate surface area is 148 Å². The summed E-state index contributed by atoms with van der Waals surface area (Å²) in [5.41, 5.74) is 8.42. The van der Waals surface area contributed by atoms with Gasteiger partial charge in [-0.1, -0.05) is 38.4 Å². The maximum Gasteiger partial charge on any atom is 0.257 e. The number of nitrogens with two attached hydrogens (primary N) is 1. The predicted octanol–water partition coefficient (Wildman–Crippen LogP) is 3.34. The van der Waals surface area contributed by atoms with Crippen LogP contribution in [0.1, 0.15) is 38.6 Å². The van der Waals surface area contributed by atoms with E-state index in [1.54, 1.807) is 0 Å². The number of benzene rings is 1. The van der Waals surface area contributed by atoms with E-state index in [1.165, 1.54) is 0 Å². The van der Waals surface area contributed by atoms with Gasteiger partial charge in [0.25, 0.3) is 5.89 Å². The Kier molecular flexibility index (Phi) is 7.38. The Bertz CT molecular complexity index is 687. The third-order valence-electron chi connectivity index (χ3n) is 4.09. The maximum atomic E-state index is 12.3.